The van der Waals surface area contributed by atoms with E-state index in [1.807, 2.05) is 6.92 Å². The van der Waals surface area contributed by atoms with Gasteiger partial charge in [0, 0.05) is 27.3 Å². The summed E-state index contributed by atoms with van der Waals surface area (Å²) in [5.41, 5.74) is 0. The molecular formula is C10H20N2O2. The summed E-state index contributed by atoms with van der Waals surface area (Å²) in [4.78, 5) is 2.09. The minimum Gasteiger partial charge on any atom is -0.383 e. The predicted octanol–water partition coefficient (Wildman–Crippen LogP) is 0.883. The van der Waals surface area contributed by atoms with Crippen LogP contribution in [0.1, 0.15) is 13.3 Å². The Kier molecular flexibility index (Phi) is 8.54. The van der Waals surface area contributed by atoms with Gasteiger partial charge < -0.3 is 9.47 Å². The van der Waals surface area contributed by atoms with Crippen molar-refractivity contribution in [2.75, 3.05) is 40.5 Å². The number of ether oxygens (including phenoxy) is 2. The maximum atomic E-state index is 8.92. The third kappa shape index (κ3) is 5.18. The molecule has 1 atom stereocenters. The smallest absolute Gasteiger partial charge is 0.0976 e. The quantitative estimate of drug-likeness (QED) is 0.583. The van der Waals surface area contributed by atoms with Crippen molar-refractivity contribution in [3.8, 4) is 6.07 Å². The van der Waals surface area contributed by atoms with Gasteiger partial charge in [0.05, 0.1) is 25.3 Å². The van der Waals surface area contributed by atoms with Crippen LogP contribution in [0.15, 0.2) is 0 Å². The fourth-order valence-corrected chi connectivity index (χ4v) is 1.27. The average Bonchev–Trinajstić information content (AvgIpc) is 2.22. The van der Waals surface area contributed by atoms with Gasteiger partial charge in [0.25, 0.3) is 0 Å². The van der Waals surface area contributed by atoms with Gasteiger partial charge in [0.15, 0.2) is 0 Å². The first-order chi connectivity index (χ1) is 6.79. The van der Waals surface area contributed by atoms with Gasteiger partial charge in [-0.2, -0.15) is 5.26 Å². The van der Waals surface area contributed by atoms with Crippen LogP contribution in [0.4, 0.5) is 0 Å². The second-order valence-corrected chi connectivity index (χ2v) is 3.07. The zero-order chi connectivity index (χ0) is 10.8. The fourth-order valence-electron chi connectivity index (χ4n) is 1.27. The lowest BCUT2D eigenvalue weighted by Gasteiger charge is -2.25. The standard InChI is InChI=1S/C10H20N2O2/c1-4-10(9-11)12(5-7-13-2)6-8-14-3/h10H,4-8H2,1-3H3. The van der Waals surface area contributed by atoms with E-state index < -0.39 is 0 Å². The van der Waals surface area contributed by atoms with Gasteiger partial charge in [-0.25, -0.2) is 0 Å². The summed E-state index contributed by atoms with van der Waals surface area (Å²) in [5.74, 6) is 0. The maximum absolute atomic E-state index is 8.92. The van der Waals surface area contributed by atoms with Crippen LogP contribution in [0.2, 0.25) is 0 Å². The highest BCUT2D eigenvalue weighted by Gasteiger charge is 2.14. The Hall–Kier alpha value is -0.630. The first kappa shape index (κ1) is 13.4. The van der Waals surface area contributed by atoms with E-state index in [2.05, 4.69) is 11.0 Å². The Bertz CT molecular complexity index is 160. The second-order valence-electron chi connectivity index (χ2n) is 3.07. The molecular weight excluding hydrogens is 180 g/mol. The van der Waals surface area contributed by atoms with Crippen LogP contribution in [0, 0.1) is 11.3 Å². The molecule has 1 unspecified atom stereocenters. The summed E-state index contributed by atoms with van der Waals surface area (Å²) in [6.07, 6.45) is 0.837. The summed E-state index contributed by atoms with van der Waals surface area (Å²) < 4.78 is 10.00. The van der Waals surface area contributed by atoms with Gasteiger partial charge in [-0.15, -0.1) is 0 Å². The monoisotopic (exact) mass is 200 g/mol. The molecule has 0 fully saturated rings. The minimum atomic E-state index is -0.0275. The third-order valence-electron chi connectivity index (χ3n) is 2.14. The van der Waals surface area contributed by atoms with E-state index in [9.17, 15) is 0 Å². The van der Waals surface area contributed by atoms with E-state index in [0.717, 1.165) is 19.5 Å². The van der Waals surface area contributed by atoms with Gasteiger partial charge in [-0.3, -0.25) is 4.90 Å². The highest BCUT2D eigenvalue weighted by Crippen LogP contribution is 2.02. The van der Waals surface area contributed by atoms with Crippen molar-refractivity contribution in [2.24, 2.45) is 0 Å². The minimum absolute atomic E-state index is 0.0275. The lowest BCUT2D eigenvalue weighted by atomic mass is 10.2. The van der Waals surface area contributed by atoms with Crippen LogP contribution in [-0.4, -0.2) is 51.5 Å². The molecule has 0 aromatic carbocycles. The number of nitriles is 1. The van der Waals surface area contributed by atoms with Crippen molar-refractivity contribution in [3.05, 3.63) is 0 Å². The zero-order valence-electron chi connectivity index (χ0n) is 9.32. The molecule has 0 aromatic heterocycles. The second kappa shape index (κ2) is 8.95. The van der Waals surface area contributed by atoms with Gasteiger partial charge in [0.2, 0.25) is 0 Å². The molecule has 0 aliphatic heterocycles. The van der Waals surface area contributed by atoms with Crippen molar-refractivity contribution in [1.29, 1.82) is 5.26 Å². The maximum Gasteiger partial charge on any atom is 0.0976 e. The molecule has 4 nitrogen and oxygen atoms in total. The van der Waals surface area contributed by atoms with E-state index >= 15 is 0 Å². The Morgan fingerprint density at radius 2 is 1.71 bits per heavy atom. The summed E-state index contributed by atoms with van der Waals surface area (Å²) in [5, 5.41) is 8.92. The highest BCUT2D eigenvalue weighted by molar-refractivity contribution is 4.90. The van der Waals surface area contributed by atoms with Crippen LogP contribution in [-0.2, 0) is 9.47 Å². The van der Waals surface area contributed by atoms with E-state index in [-0.39, 0.29) is 6.04 Å². The highest BCUT2D eigenvalue weighted by atomic mass is 16.5. The number of methoxy groups -OCH3 is 2. The SMILES string of the molecule is CCC(C#N)N(CCOC)CCOC. The summed E-state index contributed by atoms with van der Waals surface area (Å²) in [6.45, 7) is 4.89. The number of rotatable bonds is 8. The van der Waals surface area contributed by atoms with E-state index in [0.29, 0.717) is 13.2 Å². The van der Waals surface area contributed by atoms with E-state index in [1.54, 1.807) is 14.2 Å². The Balaban J connectivity index is 4.00. The molecule has 0 saturated carbocycles. The molecule has 14 heavy (non-hydrogen) atoms. The Morgan fingerprint density at radius 1 is 1.21 bits per heavy atom. The molecule has 0 radical (unpaired) electrons. The molecule has 0 aliphatic carbocycles. The molecule has 0 rings (SSSR count). The summed E-state index contributed by atoms with van der Waals surface area (Å²) in [6, 6.07) is 2.26. The van der Waals surface area contributed by atoms with Crippen molar-refractivity contribution < 1.29 is 9.47 Å². The molecule has 0 heterocycles. The molecule has 4 heteroatoms. The van der Waals surface area contributed by atoms with Gasteiger partial charge in [-0.05, 0) is 6.42 Å². The van der Waals surface area contributed by atoms with Crippen LogP contribution in [0.3, 0.4) is 0 Å². The molecule has 0 saturated heterocycles. The van der Waals surface area contributed by atoms with E-state index in [1.165, 1.54) is 0 Å². The van der Waals surface area contributed by atoms with Crippen LogP contribution >= 0.6 is 0 Å². The number of hydrogen-bond acceptors (Lipinski definition) is 4. The molecule has 0 aliphatic rings. The molecule has 0 amide bonds. The largest absolute Gasteiger partial charge is 0.383 e. The van der Waals surface area contributed by atoms with E-state index in [4.69, 9.17) is 14.7 Å². The lowest BCUT2D eigenvalue weighted by molar-refractivity contribution is 0.0997. The van der Waals surface area contributed by atoms with Crippen molar-refractivity contribution in [2.45, 2.75) is 19.4 Å². The zero-order valence-corrected chi connectivity index (χ0v) is 9.32. The number of hydrogen-bond donors (Lipinski definition) is 0. The van der Waals surface area contributed by atoms with Crippen molar-refractivity contribution in [1.82, 2.24) is 4.90 Å². The number of nitrogens with zero attached hydrogens (tertiary/aromatic N) is 2. The first-order valence-electron chi connectivity index (χ1n) is 4.91. The summed E-state index contributed by atoms with van der Waals surface area (Å²) >= 11 is 0. The molecule has 0 N–H and O–H groups in total. The Morgan fingerprint density at radius 3 is 2.00 bits per heavy atom. The van der Waals surface area contributed by atoms with Crippen LogP contribution in [0.5, 0.6) is 0 Å². The molecule has 0 bridgehead atoms. The van der Waals surface area contributed by atoms with Gasteiger partial charge in [0.1, 0.15) is 0 Å². The topological polar surface area (TPSA) is 45.5 Å². The fraction of sp³-hybridized carbons (Fsp3) is 0.900. The predicted molar refractivity (Wildman–Crippen MR) is 55.0 cm³/mol. The van der Waals surface area contributed by atoms with Gasteiger partial charge >= 0.3 is 0 Å². The normalized spacial score (nSPS) is 12.8. The first-order valence-corrected chi connectivity index (χ1v) is 4.91. The molecule has 0 aromatic rings. The van der Waals surface area contributed by atoms with Crippen LogP contribution < -0.4 is 0 Å². The third-order valence-corrected chi connectivity index (χ3v) is 2.14. The van der Waals surface area contributed by atoms with Crippen molar-refractivity contribution in [3.63, 3.8) is 0 Å². The van der Waals surface area contributed by atoms with Crippen molar-refractivity contribution >= 4 is 0 Å². The lowest BCUT2D eigenvalue weighted by Crippen LogP contribution is -2.38. The van der Waals surface area contributed by atoms with Gasteiger partial charge in [-0.1, -0.05) is 6.92 Å². The van der Waals surface area contributed by atoms with Crippen LogP contribution in [0.25, 0.3) is 0 Å². The molecule has 0 spiro atoms. The summed E-state index contributed by atoms with van der Waals surface area (Å²) in [7, 11) is 3.34. The molecule has 82 valence electrons. The Labute approximate surface area is 86.4 Å². The average molecular weight is 200 g/mol.